The van der Waals surface area contributed by atoms with Crippen LogP contribution in [0, 0.1) is 12.8 Å². The smallest absolute Gasteiger partial charge is 0.416 e. The number of hydrogen-bond acceptors (Lipinski definition) is 2. The minimum absolute atomic E-state index is 0.00126. The van der Waals surface area contributed by atoms with Crippen molar-refractivity contribution < 1.29 is 23.1 Å². The second kappa shape index (κ2) is 13.3. The predicted molar refractivity (Wildman–Crippen MR) is 151 cm³/mol. The molecule has 0 saturated heterocycles. The fraction of sp³-hybridized carbons (Fsp3) is 0.424. The maximum Gasteiger partial charge on any atom is 0.416 e. The Morgan fingerprint density at radius 2 is 1.51 bits per heavy atom. The van der Waals surface area contributed by atoms with Crippen LogP contribution in [0.25, 0.3) is 0 Å². The number of aryl methyl sites for hydroxylation is 1. The Balaban J connectivity index is 1.66. The van der Waals surface area contributed by atoms with Gasteiger partial charge >= 0.3 is 12.1 Å². The number of hydrogen-bond donors (Lipinski definition) is 2. The minimum Gasteiger partial charge on any atom is -0.481 e. The van der Waals surface area contributed by atoms with Crippen LogP contribution < -0.4 is 5.32 Å². The molecule has 0 fully saturated rings. The van der Waals surface area contributed by atoms with Gasteiger partial charge in [0.1, 0.15) is 0 Å². The number of carbonyl (C=O) groups is 1. The summed E-state index contributed by atoms with van der Waals surface area (Å²) < 4.78 is 40.3. The summed E-state index contributed by atoms with van der Waals surface area (Å²) in [5, 5.41) is 12.4. The van der Waals surface area contributed by atoms with Gasteiger partial charge in [0.15, 0.2) is 0 Å². The van der Waals surface area contributed by atoms with Gasteiger partial charge in [-0.1, -0.05) is 80.9 Å². The Kier molecular flexibility index (Phi) is 10.4. The molecule has 39 heavy (non-hydrogen) atoms. The molecule has 1 unspecified atom stereocenters. The molecule has 210 valence electrons. The molecule has 0 spiro atoms. The lowest BCUT2D eigenvalue weighted by Crippen LogP contribution is -2.18. The van der Waals surface area contributed by atoms with Gasteiger partial charge in [0.05, 0.1) is 12.0 Å². The number of carboxylic acids is 1. The van der Waals surface area contributed by atoms with Crippen LogP contribution in [0.5, 0.6) is 0 Å². The van der Waals surface area contributed by atoms with Crippen molar-refractivity contribution in [2.75, 3.05) is 6.54 Å². The van der Waals surface area contributed by atoms with E-state index in [1.54, 1.807) is 6.92 Å². The quantitative estimate of drug-likeness (QED) is 0.230. The maximum atomic E-state index is 13.4. The van der Waals surface area contributed by atoms with Crippen LogP contribution in [0.2, 0.25) is 0 Å². The number of rotatable bonds is 12. The van der Waals surface area contributed by atoms with Crippen LogP contribution in [0.15, 0.2) is 66.7 Å². The highest BCUT2D eigenvalue weighted by atomic mass is 19.4. The van der Waals surface area contributed by atoms with Gasteiger partial charge in [-0.05, 0) is 90.4 Å². The summed E-state index contributed by atoms with van der Waals surface area (Å²) >= 11 is 0. The molecule has 0 saturated carbocycles. The highest BCUT2D eigenvalue weighted by Gasteiger charge is 2.31. The molecule has 3 aromatic carbocycles. The predicted octanol–water partition coefficient (Wildman–Crippen LogP) is 7.91. The first-order valence-corrected chi connectivity index (χ1v) is 13.6. The third kappa shape index (κ3) is 10.2. The largest absolute Gasteiger partial charge is 0.481 e. The number of carboxylic acid groups (broad SMARTS) is 1. The van der Waals surface area contributed by atoms with E-state index in [9.17, 15) is 18.0 Å². The van der Waals surface area contributed by atoms with E-state index >= 15 is 0 Å². The van der Waals surface area contributed by atoms with Crippen molar-refractivity contribution in [1.82, 2.24) is 5.32 Å². The van der Waals surface area contributed by atoms with E-state index in [1.165, 1.54) is 23.3 Å². The molecular weight excluding hydrogens is 499 g/mol. The highest BCUT2D eigenvalue weighted by Crippen LogP contribution is 2.32. The van der Waals surface area contributed by atoms with Crippen molar-refractivity contribution in [3.63, 3.8) is 0 Å². The maximum absolute atomic E-state index is 13.4. The standard InChI is InChI=1S/C33H40F3NO2/c1-23-15-28(20-30(16-23)33(34,35)36)19-25(17-24-10-12-29(13-11-24)32(2,3)4)9-6-14-37-22-27-8-5-7-26(18-27)21-31(38)39/h5,7-8,10-13,15-16,18,20,25,37H,6,9,14,17,19,21-22H2,1-4H3,(H,38,39). The lowest BCUT2D eigenvalue weighted by Gasteiger charge is -2.21. The van der Waals surface area contributed by atoms with Gasteiger partial charge in [0, 0.05) is 6.54 Å². The first kappa shape index (κ1) is 30.4. The Morgan fingerprint density at radius 3 is 2.15 bits per heavy atom. The van der Waals surface area contributed by atoms with Gasteiger partial charge < -0.3 is 10.4 Å². The van der Waals surface area contributed by atoms with Gasteiger partial charge in [-0.25, -0.2) is 0 Å². The summed E-state index contributed by atoms with van der Waals surface area (Å²) in [5.41, 5.74) is 5.08. The van der Waals surface area contributed by atoms with E-state index in [-0.39, 0.29) is 17.8 Å². The zero-order valence-electron chi connectivity index (χ0n) is 23.4. The molecule has 6 heteroatoms. The lowest BCUT2D eigenvalue weighted by atomic mass is 9.84. The fourth-order valence-corrected chi connectivity index (χ4v) is 5.00. The van der Waals surface area contributed by atoms with Gasteiger partial charge in [0.2, 0.25) is 0 Å². The second-order valence-corrected chi connectivity index (χ2v) is 11.6. The van der Waals surface area contributed by atoms with E-state index in [0.717, 1.165) is 42.5 Å². The number of aliphatic carboxylic acids is 1. The molecule has 3 rings (SSSR count). The van der Waals surface area contributed by atoms with Crippen LogP contribution in [0.3, 0.4) is 0 Å². The molecule has 0 aliphatic rings. The Labute approximate surface area is 230 Å². The van der Waals surface area contributed by atoms with E-state index in [4.69, 9.17) is 5.11 Å². The van der Waals surface area contributed by atoms with Crippen LogP contribution in [-0.2, 0) is 42.2 Å². The third-order valence-corrected chi connectivity index (χ3v) is 6.97. The summed E-state index contributed by atoms with van der Waals surface area (Å²) in [7, 11) is 0. The van der Waals surface area contributed by atoms with Crippen molar-refractivity contribution >= 4 is 5.97 Å². The molecule has 0 aliphatic carbocycles. The van der Waals surface area contributed by atoms with Crippen molar-refractivity contribution in [2.24, 2.45) is 5.92 Å². The first-order valence-electron chi connectivity index (χ1n) is 13.6. The molecule has 0 radical (unpaired) electrons. The van der Waals surface area contributed by atoms with Crippen molar-refractivity contribution in [3.8, 4) is 0 Å². The van der Waals surface area contributed by atoms with Crippen molar-refractivity contribution in [2.45, 2.75) is 77.9 Å². The number of halogens is 3. The molecule has 0 aliphatic heterocycles. The zero-order valence-corrected chi connectivity index (χ0v) is 23.4. The van der Waals surface area contributed by atoms with Gasteiger partial charge in [-0.2, -0.15) is 13.2 Å². The molecule has 2 N–H and O–H groups in total. The molecule has 0 amide bonds. The van der Waals surface area contributed by atoms with Gasteiger partial charge in [0.25, 0.3) is 0 Å². The number of nitrogens with one attached hydrogen (secondary N) is 1. The molecular formula is C33H40F3NO2. The summed E-state index contributed by atoms with van der Waals surface area (Å²) in [6, 6.07) is 20.5. The van der Waals surface area contributed by atoms with Crippen LogP contribution >= 0.6 is 0 Å². The van der Waals surface area contributed by atoms with E-state index in [1.807, 2.05) is 30.3 Å². The van der Waals surface area contributed by atoms with Crippen LogP contribution in [0.1, 0.15) is 72.6 Å². The topological polar surface area (TPSA) is 49.3 Å². The van der Waals surface area contributed by atoms with Crippen molar-refractivity contribution in [3.05, 3.63) is 106 Å². The third-order valence-electron chi connectivity index (χ3n) is 6.97. The van der Waals surface area contributed by atoms with E-state index < -0.39 is 17.7 Å². The average Bonchev–Trinajstić information content (AvgIpc) is 2.82. The van der Waals surface area contributed by atoms with E-state index in [2.05, 4.69) is 50.4 Å². The Hall–Kier alpha value is -3.12. The fourth-order valence-electron chi connectivity index (χ4n) is 5.00. The van der Waals surface area contributed by atoms with Crippen LogP contribution in [-0.4, -0.2) is 17.6 Å². The summed E-state index contributed by atoms with van der Waals surface area (Å²) in [6.45, 7) is 9.65. The normalized spacial score (nSPS) is 12.9. The monoisotopic (exact) mass is 539 g/mol. The molecule has 0 bridgehead atoms. The molecule has 0 aromatic heterocycles. The molecule has 1 atom stereocenters. The zero-order chi connectivity index (χ0) is 28.6. The number of alkyl halides is 3. The SMILES string of the molecule is Cc1cc(CC(CCCNCc2cccc(CC(=O)O)c2)Cc2ccc(C(C)(C)C)cc2)cc(C(F)(F)F)c1. The summed E-state index contributed by atoms with van der Waals surface area (Å²) in [4.78, 5) is 11.0. The summed E-state index contributed by atoms with van der Waals surface area (Å²) in [5.74, 6) is -0.649. The highest BCUT2D eigenvalue weighted by molar-refractivity contribution is 5.70. The number of benzene rings is 3. The second-order valence-electron chi connectivity index (χ2n) is 11.6. The molecule has 3 aromatic rings. The molecule has 3 nitrogen and oxygen atoms in total. The van der Waals surface area contributed by atoms with E-state index in [0.29, 0.717) is 18.5 Å². The first-order chi connectivity index (χ1) is 18.3. The van der Waals surface area contributed by atoms with Crippen LogP contribution in [0.4, 0.5) is 13.2 Å². The molecule has 0 heterocycles. The van der Waals surface area contributed by atoms with Gasteiger partial charge in [-0.3, -0.25) is 4.79 Å². The average molecular weight is 540 g/mol. The lowest BCUT2D eigenvalue weighted by molar-refractivity contribution is -0.138. The summed E-state index contributed by atoms with van der Waals surface area (Å²) in [6.07, 6.45) is -1.20. The van der Waals surface area contributed by atoms with Crippen molar-refractivity contribution in [1.29, 1.82) is 0 Å². The Bertz CT molecular complexity index is 1230. The van der Waals surface area contributed by atoms with Gasteiger partial charge in [-0.15, -0.1) is 0 Å². The Morgan fingerprint density at radius 1 is 0.846 bits per heavy atom. The minimum atomic E-state index is -4.36.